The highest BCUT2D eigenvalue weighted by Crippen LogP contribution is 2.13. The Morgan fingerprint density at radius 1 is 1.15 bits per heavy atom. The van der Waals surface area contributed by atoms with Gasteiger partial charge in [-0.05, 0) is 36.6 Å². The highest BCUT2D eigenvalue weighted by molar-refractivity contribution is 5.95. The maximum absolute atomic E-state index is 12.5. The highest BCUT2D eigenvalue weighted by Gasteiger charge is 2.16. The van der Waals surface area contributed by atoms with Gasteiger partial charge in [-0.3, -0.25) is 9.48 Å². The van der Waals surface area contributed by atoms with Gasteiger partial charge < -0.3 is 10.1 Å². The maximum atomic E-state index is 12.5. The lowest BCUT2D eigenvalue weighted by Gasteiger charge is -2.10. The van der Waals surface area contributed by atoms with Crippen molar-refractivity contribution in [2.24, 2.45) is 0 Å². The number of aryl methyl sites for hydroxylation is 1. The lowest BCUT2D eigenvalue weighted by atomic mass is 10.1. The highest BCUT2D eigenvalue weighted by atomic mass is 16.5. The summed E-state index contributed by atoms with van der Waals surface area (Å²) in [5, 5.41) is 7.33. The van der Waals surface area contributed by atoms with Crippen LogP contribution in [-0.4, -0.2) is 28.8 Å². The summed E-state index contributed by atoms with van der Waals surface area (Å²) in [6.07, 6.45) is 2.40. The van der Waals surface area contributed by atoms with E-state index in [0.717, 1.165) is 29.0 Å². The van der Waals surface area contributed by atoms with Crippen molar-refractivity contribution in [3.05, 3.63) is 83.2 Å². The normalized spacial score (nSPS) is 10.6. The van der Waals surface area contributed by atoms with Crippen LogP contribution in [0.4, 0.5) is 0 Å². The quantitative estimate of drug-likeness (QED) is 0.622. The monoisotopic (exact) mass is 363 g/mol. The van der Waals surface area contributed by atoms with Gasteiger partial charge in [0.25, 0.3) is 5.91 Å². The van der Waals surface area contributed by atoms with E-state index in [9.17, 15) is 4.79 Å². The Hall–Kier alpha value is -3.08. The first kappa shape index (κ1) is 18.7. The van der Waals surface area contributed by atoms with E-state index in [0.29, 0.717) is 25.3 Å². The third-order valence-electron chi connectivity index (χ3n) is 4.35. The summed E-state index contributed by atoms with van der Waals surface area (Å²) in [7, 11) is 0. The van der Waals surface area contributed by atoms with Gasteiger partial charge in [-0.1, -0.05) is 49.4 Å². The molecule has 27 heavy (non-hydrogen) atoms. The van der Waals surface area contributed by atoms with Crippen LogP contribution in [0.3, 0.4) is 0 Å². The number of carbonyl (C=O) groups excluding carboxylic acids is 1. The topological polar surface area (TPSA) is 56.1 Å². The van der Waals surface area contributed by atoms with E-state index in [1.165, 1.54) is 0 Å². The molecule has 1 aromatic heterocycles. The first-order chi connectivity index (χ1) is 13.2. The van der Waals surface area contributed by atoms with Gasteiger partial charge >= 0.3 is 0 Å². The molecular weight excluding hydrogens is 338 g/mol. The summed E-state index contributed by atoms with van der Waals surface area (Å²) in [5.41, 5.74) is 3.88. The number of nitrogens with one attached hydrogen (secondary N) is 1. The lowest BCUT2D eigenvalue weighted by molar-refractivity contribution is 0.0946. The molecular formula is C22H25N3O2. The van der Waals surface area contributed by atoms with Crippen LogP contribution in [0.5, 0.6) is 5.75 Å². The van der Waals surface area contributed by atoms with Crippen molar-refractivity contribution in [2.45, 2.75) is 26.8 Å². The molecule has 0 radical (unpaired) electrons. The van der Waals surface area contributed by atoms with Crippen LogP contribution in [0.15, 0.2) is 60.8 Å². The average molecular weight is 363 g/mol. The first-order valence-corrected chi connectivity index (χ1v) is 9.23. The van der Waals surface area contributed by atoms with Gasteiger partial charge in [-0.2, -0.15) is 5.10 Å². The summed E-state index contributed by atoms with van der Waals surface area (Å²) in [6, 6.07) is 18.0. The van der Waals surface area contributed by atoms with Crippen molar-refractivity contribution < 1.29 is 9.53 Å². The number of ether oxygens (including phenoxy) is 1. The second-order valence-electron chi connectivity index (χ2n) is 6.42. The zero-order chi connectivity index (χ0) is 19.1. The van der Waals surface area contributed by atoms with Crippen LogP contribution >= 0.6 is 0 Å². The molecule has 0 atom stereocenters. The molecule has 140 valence electrons. The average Bonchev–Trinajstić information content (AvgIpc) is 3.08. The summed E-state index contributed by atoms with van der Waals surface area (Å²) >= 11 is 0. The number of rotatable bonds is 8. The van der Waals surface area contributed by atoms with Crippen molar-refractivity contribution in [2.75, 3.05) is 13.2 Å². The maximum Gasteiger partial charge on any atom is 0.254 e. The molecule has 0 unspecified atom stereocenters. The predicted octanol–water partition coefficient (Wildman–Crippen LogP) is 3.61. The minimum Gasteiger partial charge on any atom is -0.492 e. The molecule has 5 nitrogen and oxygen atoms in total. The molecule has 0 aliphatic heterocycles. The second kappa shape index (κ2) is 9.03. The number of aromatic nitrogens is 2. The molecule has 3 rings (SSSR count). The molecule has 0 saturated carbocycles. The van der Waals surface area contributed by atoms with Crippen LogP contribution in [0.25, 0.3) is 0 Å². The Balaban J connectivity index is 1.56. The smallest absolute Gasteiger partial charge is 0.254 e. The molecule has 5 heteroatoms. The van der Waals surface area contributed by atoms with Crippen molar-refractivity contribution in [3.8, 4) is 5.75 Å². The third kappa shape index (κ3) is 4.97. The zero-order valence-electron chi connectivity index (χ0n) is 15.8. The molecule has 0 saturated heterocycles. The fourth-order valence-electron chi connectivity index (χ4n) is 3.00. The molecule has 1 heterocycles. The predicted molar refractivity (Wildman–Crippen MR) is 106 cm³/mol. The fraction of sp³-hybridized carbons (Fsp3) is 0.273. The Morgan fingerprint density at radius 3 is 2.70 bits per heavy atom. The van der Waals surface area contributed by atoms with Gasteiger partial charge in [0.1, 0.15) is 12.4 Å². The van der Waals surface area contributed by atoms with Gasteiger partial charge in [-0.15, -0.1) is 0 Å². The second-order valence-corrected chi connectivity index (χ2v) is 6.42. The molecule has 1 amide bonds. The standard InChI is InChI=1S/C22H25N3O2/c1-3-21-20(15-24-25(21)16-18-9-5-4-6-10-18)22(26)23-12-13-27-19-11-7-8-17(2)14-19/h4-11,14-15H,3,12-13,16H2,1-2H3,(H,23,26). The minimum atomic E-state index is -0.112. The largest absolute Gasteiger partial charge is 0.492 e. The van der Waals surface area contributed by atoms with Gasteiger partial charge in [0, 0.05) is 0 Å². The Bertz CT molecular complexity index is 888. The van der Waals surface area contributed by atoms with Gasteiger partial charge in [0.15, 0.2) is 0 Å². The zero-order valence-corrected chi connectivity index (χ0v) is 15.8. The first-order valence-electron chi connectivity index (χ1n) is 9.23. The van der Waals surface area contributed by atoms with Gasteiger partial charge in [0.05, 0.1) is 30.5 Å². The van der Waals surface area contributed by atoms with Crippen molar-refractivity contribution in [1.29, 1.82) is 0 Å². The van der Waals surface area contributed by atoms with Crippen molar-refractivity contribution in [1.82, 2.24) is 15.1 Å². The number of benzene rings is 2. The molecule has 3 aromatic rings. The van der Waals surface area contributed by atoms with Crippen molar-refractivity contribution in [3.63, 3.8) is 0 Å². The third-order valence-corrected chi connectivity index (χ3v) is 4.35. The molecule has 1 N–H and O–H groups in total. The van der Waals surface area contributed by atoms with Crippen LogP contribution in [0, 0.1) is 6.92 Å². The van der Waals surface area contributed by atoms with Crippen LogP contribution in [-0.2, 0) is 13.0 Å². The number of hydrogen-bond donors (Lipinski definition) is 1. The summed E-state index contributed by atoms with van der Waals surface area (Å²) < 4.78 is 7.57. The van der Waals surface area contributed by atoms with Gasteiger partial charge in [-0.25, -0.2) is 0 Å². The van der Waals surface area contributed by atoms with Crippen LogP contribution < -0.4 is 10.1 Å². The fourth-order valence-corrected chi connectivity index (χ4v) is 3.00. The molecule has 0 aliphatic rings. The van der Waals surface area contributed by atoms with E-state index < -0.39 is 0 Å². The van der Waals surface area contributed by atoms with Crippen molar-refractivity contribution >= 4 is 5.91 Å². The number of carbonyl (C=O) groups is 1. The van der Waals surface area contributed by atoms with E-state index >= 15 is 0 Å². The number of amides is 1. The molecule has 2 aromatic carbocycles. The summed E-state index contributed by atoms with van der Waals surface area (Å²) in [5.74, 6) is 0.702. The Morgan fingerprint density at radius 2 is 1.96 bits per heavy atom. The van der Waals surface area contributed by atoms with Crippen LogP contribution in [0.2, 0.25) is 0 Å². The number of hydrogen-bond acceptors (Lipinski definition) is 3. The van der Waals surface area contributed by atoms with E-state index in [1.807, 2.05) is 61.0 Å². The molecule has 0 bridgehead atoms. The summed E-state index contributed by atoms with van der Waals surface area (Å²) in [4.78, 5) is 12.5. The summed E-state index contributed by atoms with van der Waals surface area (Å²) in [6.45, 7) is 5.59. The Kier molecular flexibility index (Phi) is 6.26. The lowest BCUT2D eigenvalue weighted by Crippen LogP contribution is -2.28. The molecule has 0 aliphatic carbocycles. The van der Waals surface area contributed by atoms with E-state index in [-0.39, 0.29) is 5.91 Å². The van der Waals surface area contributed by atoms with Crippen LogP contribution in [0.1, 0.15) is 34.1 Å². The molecule has 0 spiro atoms. The minimum absolute atomic E-state index is 0.112. The molecule has 0 fully saturated rings. The number of nitrogens with zero attached hydrogens (tertiary/aromatic N) is 2. The van der Waals surface area contributed by atoms with E-state index in [1.54, 1.807) is 6.20 Å². The van der Waals surface area contributed by atoms with E-state index in [4.69, 9.17) is 4.74 Å². The SMILES string of the molecule is CCc1c(C(=O)NCCOc2cccc(C)c2)cnn1Cc1ccccc1. The Labute approximate surface area is 160 Å². The van der Waals surface area contributed by atoms with E-state index in [2.05, 4.69) is 22.5 Å². The van der Waals surface area contributed by atoms with Gasteiger partial charge in [0.2, 0.25) is 0 Å².